The van der Waals surface area contributed by atoms with E-state index in [2.05, 4.69) is 17.3 Å². The van der Waals surface area contributed by atoms with E-state index in [1.165, 1.54) is 6.42 Å². The number of nitrogens with zero attached hydrogens (tertiary/aromatic N) is 2. The van der Waals surface area contributed by atoms with E-state index in [1.807, 2.05) is 13.0 Å². The Hall–Kier alpha value is -1.08. The highest BCUT2D eigenvalue weighted by atomic mass is 16.1. The summed E-state index contributed by atoms with van der Waals surface area (Å²) >= 11 is 0. The Morgan fingerprint density at radius 2 is 2.47 bits per heavy atom. The van der Waals surface area contributed by atoms with Crippen LogP contribution in [0.4, 0.5) is 0 Å². The summed E-state index contributed by atoms with van der Waals surface area (Å²) in [7, 11) is 2.07. The van der Waals surface area contributed by atoms with E-state index in [-0.39, 0.29) is 5.91 Å². The third-order valence-electron chi connectivity index (χ3n) is 3.06. The first-order valence-electron chi connectivity index (χ1n) is 5.56. The second-order valence-corrected chi connectivity index (χ2v) is 4.11. The van der Waals surface area contributed by atoms with E-state index in [1.54, 1.807) is 0 Å². The quantitative estimate of drug-likeness (QED) is 0.743. The fourth-order valence-electron chi connectivity index (χ4n) is 1.91. The van der Waals surface area contributed by atoms with Crippen molar-refractivity contribution in [2.45, 2.75) is 32.2 Å². The molecule has 1 rings (SSSR count). The first-order chi connectivity index (χ1) is 7.19. The Balaban J connectivity index is 2.30. The molecule has 0 aromatic heterocycles. The standard InChI is InChI=1S/C11H19N3O/c1-3-9(7-12)11(15)13-8-10-5-4-6-14(10)2/h9-10H,3-6,8H2,1-2H3,(H,13,15). The number of nitrogens with one attached hydrogen (secondary N) is 1. The molecule has 0 aliphatic carbocycles. The van der Waals surface area contributed by atoms with Gasteiger partial charge in [-0.1, -0.05) is 6.92 Å². The Kier molecular flexibility index (Phi) is 4.57. The molecular weight excluding hydrogens is 190 g/mol. The summed E-state index contributed by atoms with van der Waals surface area (Å²) in [5, 5.41) is 11.6. The average Bonchev–Trinajstić information content (AvgIpc) is 2.63. The molecule has 0 radical (unpaired) electrons. The van der Waals surface area contributed by atoms with Crippen molar-refractivity contribution < 1.29 is 4.79 Å². The molecule has 1 saturated heterocycles. The molecular formula is C11H19N3O. The molecule has 0 aromatic rings. The smallest absolute Gasteiger partial charge is 0.237 e. The number of likely N-dealkylation sites (tertiary alicyclic amines) is 1. The van der Waals surface area contributed by atoms with Crippen molar-refractivity contribution in [3.63, 3.8) is 0 Å². The predicted octanol–water partition coefficient (Wildman–Crippen LogP) is 0.747. The van der Waals surface area contributed by atoms with Crippen LogP contribution in [-0.4, -0.2) is 37.0 Å². The highest BCUT2D eigenvalue weighted by molar-refractivity contribution is 5.80. The van der Waals surface area contributed by atoms with Gasteiger partial charge in [0.25, 0.3) is 0 Å². The number of likely N-dealkylation sites (N-methyl/N-ethyl adjacent to an activating group) is 1. The van der Waals surface area contributed by atoms with Gasteiger partial charge in [0.1, 0.15) is 5.92 Å². The van der Waals surface area contributed by atoms with Crippen molar-refractivity contribution in [2.24, 2.45) is 5.92 Å². The Bertz CT molecular complexity index is 259. The van der Waals surface area contributed by atoms with Crippen molar-refractivity contribution in [1.82, 2.24) is 10.2 Å². The fraction of sp³-hybridized carbons (Fsp3) is 0.818. The summed E-state index contributed by atoms with van der Waals surface area (Å²) in [6.45, 7) is 3.64. The summed E-state index contributed by atoms with van der Waals surface area (Å²) in [6.07, 6.45) is 2.93. The molecule has 2 unspecified atom stereocenters. The number of amides is 1. The van der Waals surface area contributed by atoms with E-state index in [4.69, 9.17) is 5.26 Å². The van der Waals surface area contributed by atoms with Crippen molar-refractivity contribution in [3.05, 3.63) is 0 Å². The van der Waals surface area contributed by atoms with Gasteiger partial charge in [-0.3, -0.25) is 4.79 Å². The molecule has 15 heavy (non-hydrogen) atoms. The lowest BCUT2D eigenvalue weighted by molar-refractivity contribution is -0.123. The van der Waals surface area contributed by atoms with Crippen LogP contribution in [0.5, 0.6) is 0 Å². The van der Waals surface area contributed by atoms with Gasteiger partial charge in [0.15, 0.2) is 0 Å². The first-order valence-corrected chi connectivity index (χ1v) is 5.56. The van der Waals surface area contributed by atoms with E-state index >= 15 is 0 Å². The molecule has 0 spiro atoms. The Morgan fingerprint density at radius 1 is 1.73 bits per heavy atom. The summed E-state index contributed by atoms with van der Waals surface area (Å²) in [5.74, 6) is -0.614. The number of carbonyl (C=O) groups excluding carboxylic acids is 1. The van der Waals surface area contributed by atoms with E-state index < -0.39 is 5.92 Å². The SMILES string of the molecule is CCC(C#N)C(=O)NCC1CCCN1C. The number of rotatable bonds is 4. The van der Waals surface area contributed by atoms with Gasteiger partial charge in [-0.15, -0.1) is 0 Å². The summed E-state index contributed by atoms with van der Waals surface area (Å²) < 4.78 is 0. The molecule has 1 fully saturated rings. The van der Waals surface area contributed by atoms with E-state index in [0.29, 0.717) is 19.0 Å². The molecule has 1 heterocycles. The number of hydrogen-bond acceptors (Lipinski definition) is 3. The largest absolute Gasteiger partial charge is 0.353 e. The molecule has 1 amide bonds. The fourth-order valence-corrected chi connectivity index (χ4v) is 1.91. The van der Waals surface area contributed by atoms with E-state index in [0.717, 1.165) is 13.0 Å². The van der Waals surface area contributed by atoms with Gasteiger partial charge >= 0.3 is 0 Å². The van der Waals surface area contributed by atoms with Crippen LogP contribution >= 0.6 is 0 Å². The summed E-state index contributed by atoms with van der Waals surface area (Å²) in [5.41, 5.74) is 0. The highest BCUT2D eigenvalue weighted by Gasteiger charge is 2.22. The van der Waals surface area contributed by atoms with Gasteiger partial charge in [0.2, 0.25) is 5.91 Å². The predicted molar refractivity (Wildman–Crippen MR) is 58.1 cm³/mol. The van der Waals surface area contributed by atoms with Crippen LogP contribution in [0.1, 0.15) is 26.2 Å². The minimum absolute atomic E-state index is 0.125. The van der Waals surface area contributed by atoms with Crippen molar-refractivity contribution in [2.75, 3.05) is 20.1 Å². The maximum atomic E-state index is 11.5. The second kappa shape index (κ2) is 5.72. The van der Waals surface area contributed by atoms with Crippen LogP contribution in [0, 0.1) is 17.2 Å². The average molecular weight is 209 g/mol. The molecule has 0 bridgehead atoms. The first kappa shape index (κ1) is 12.0. The zero-order chi connectivity index (χ0) is 11.3. The Labute approximate surface area is 91.2 Å². The molecule has 0 aromatic carbocycles. The third kappa shape index (κ3) is 3.21. The minimum atomic E-state index is -0.489. The van der Waals surface area contributed by atoms with E-state index in [9.17, 15) is 4.79 Å². The molecule has 1 aliphatic rings. The summed E-state index contributed by atoms with van der Waals surface area (Å²) in [4.78, 5) is 13.8. The molecule has 1 N–H and O–H groups in total. The molecule has 0 saturated carbocycles. The Morgan fingerprint density at radius 3 is 2.93 bits per heavy atom. The van der Waals surface area contributed by atoms with Crippen LogP contribution in [0.25, 0.3) is 0 Å². The molecule has 4 heteroatoms. The number of nitriles is 1. The maximum Gasteiger partial charge on any atom is 0.237 e. The van der Waals surface area contributed by atoms with Crippen LogP contribution < -0.4 is 5.32 Å². The lowest BCUT2D eigenvalue weighted by atomic mass is 10.1. The van der Waals surface area contributed by atoms with Crippen LogP contribution in [0.3, 0.4) is 0 Å². The zero-order valence-corrected chi connectivity index (χ0v) is 9.49. The van der Waals surface area contributed by atoms with Gasteiger partial charge < -0.3 is 10.2 Å². The van der Waals surface area contributed by atoms with Crippen molar-refractivity contribution in [3.8, 4) is 6.07 Å². The topological polar surface area (TPSA) is 56.1 Å². The lowest BCUT2D eigenvalue weighted by Crippen LogP contribution is -2.40. The minimum Gasteiger partial charge on any atom is -0.353 e. The van der Waals surface area contributed by atoms with Crippen LogP contribution in [0.2, 0.25) is 0 Å². The van der Waals surface area contributed by atoms with Crippen molar-refractivity contribution >= 4 is 5.91 Å². The second-order valence-electron chi connectivity index (χ2n) is 4.11. The van der Waals surface area contributed by atoms with Crippen LogP contribution in [0.15, 0.2) is 0 Å². The number of carbonyl (C=O) groups is 1. The van der Waals surface area contributed by atoms with Gasteiger partial charge in [-0.2, -0.15) is 5.26 Å². The molecule has 4 nitrogen and oxygen atoms in total. The van der Waals surface area contributed by atoms with Gasteiger partial charge in [0.05, 0.1) is 6.07 Å². The third-order valence-corrected chi connectivity index (χ3v) is 3.06. The zero-order valence-electron chi connectivity index (χ0n) is 9.49. The number of hydrogen-bond donors (Lipinski definition) is 1. The van der Waals surface area contributed by atoms with Gasteiger partial charge in [-0.25, -0.2) is 0 Å². The van der Waals surface area contributed by atoms with Crippen LogP contribution in [-0.2, 0) is 4.79 Å². The lowest BCUT2D eigenvalue weighted by Gasteiger charge is -2.20. The monoisotopic (exact) mass is 209 g/mol. The molecule has 84 valence electrons. The van der Waals surface area contributed by atoms with Gasteiger partial charge in [-0.05, 0) is 32.9 Å². The molecule has 2 atom stereocenters. The van der Waals surface area contributed by atoms with Crippen molar-refractivity contribution in [1.29, 1.82) is 5.26 Å². The summed E-state index contributed by atoms with van der Waals surface area (Å²) in [6, 6.07) is 2.46. The van der Waals surface area contributed by atoms with Gasteiger partial charge in [0, 0.05) is 12.6 Å². The maximum absolute atomic E-state index is 11.5. The highest BCUT2D eigenvalue weighted by Crippen LogP contribution is 2.13. The molecule has 1 aliphatic heterocycles. The normalized spacial score (nSPS) is 23.4.